The van der Waals surface area contributed by atoms with Crippen molar-refractivity contribution in [2.24, 2.45) is 5.92 Å². The highest BCUT2D eigenvalue weighted by molar-refractivity contribution is 5.94. The smallest absolute Gasteiger partial charge is 0.338 e. The maximum atomic E-state index is 12.6. The monoisotopic (exact) mass is 258 g/mol. The van der Waals surface area contributed by atoms with Crippen molar-refractivity contribution in [2.45, 2.75) is 19.0 Å². The van der Waals surface area contributed by atoms with Gasteiger partial charge in [0.05, 0.1) is 5.92 Å². The van der Waals surface area contributed by atoms with Crippen LogP contribution in [0.2, 0.25) is 0 Å². The minimum absolute atomic E-state index is 0.101. The van der Waals surface area contributed by atoms with E-state index in [1.54, 1.807) is 0 Å². The first-order valence-corrected chi connectivity index (χ1v) is 5.74. The minimum Gasteiger partial charge on any atom is -0.338 e. The molecule has 6 heteroatoms. The first-order chi connectivity index (χ1) is 8.48. The van der Waals surface area contributed by atoms with Crippen LogP contribution in [0.25, 0.3) is 0 Å². The maximum absolute atomic E-state index is 12.6. The summed E-state index contributed by atoms with van der Waals surface area (Å²) >= 11 is 0. The Balaban J connectivity index is 2.08. The van der Waals surface area contributed by atoms with Crippen molar-refractivity contribution in [2.75, 3.05) is 13.1 Å². The highest BCUT2D eigenvalue weighted by atomic mass is 19.4. The summed E-state index contributed by atoms with van der Waals surface area (Å²) < 4.78 is 37.9. The number of halogens is 3. The number of carbonyl (C=O) groups excluding carboxylic acids is 1. The van der Waals surface area contributed by atoms with Crippen LogP contribution >= 0.6 is 0 Å². The molecule has 0 aromatic carbocycles. The van der Waals surface area contributed by atoms with Crippen molar-refractivity contribution in [1.29, 1.82) is 0 Å². The average molecular weight is 258 g/mol. The second-order valence-corrected chi connectivity index (χ2v) is 4.37. The number of hydrogen-bond acceptors (Lipinski definition) is 2. The van der Waals surface area contributed by atoms with E-state index in [-0.39, 0.29) is 18.9 Å². The van der Waals surface area contributed by atoms with Crippen LogP contribution in [0.1, 0.15) is 23.2 Å². The van der Waals surface area contributed by atoms with Crippen LogP contribution in [-0.2, 0) is 0 Å². The third-order valence-electron chi connectivity index (χ3n) is 3.10. The van der Waals surface area contributed by atoms with Gasteiger partial charge in [0.25, 0.3) is 5.91 Å². The SMILES string of the molecule is O=C(c1ccncc1)N1CCC[C@@H](C(F)(F)F)C1. The molecule has 0 N–H and O–H groups in total. The minimum atomic E-state index is -4.23. The highest BCUT2D eigenvalue weighted by Gasteiger charge is 2.42. The molecule has 2 heterocycles. The summed E-state index contributed by atoms with van der Waals surface area (Å²) in [5.41, 5.74) is 0.382. The molecule has 0 radical (unpaired) electrons. The van der Waals surface area contributed by atoms with Gasteiger partial charge in [-0.25, -0.2) is 0 Å². The largest absolute Gasteiger partial charge is 0.393 e. The van der Waals surface area contributed by atoms with E-state index in [4.69, 9.17) is 0 Å². The van der Waals surface area contributed by atoms with E-state index >= 15 is 0 Å². The molecule has 0 bridgehead atoms. The van der Waals surface area contributed by atoms with Gasteiger partial charge in [-0.1, -0.05) is 0 Å². The van der Waals surface area contributed by atoms with Gasteiger partial charge in [0, 0.05) is 31.0 Å². The van der Waals surface area contributed by atoms with Crippen molar-refractivity contribution < 1.29 is 18.0 Å². The fourth-order valence-corrected chi connectivity index (χ4v) is 2.11. The Kier molecular flexibility index (Phi) is 3.54. The number of pyridine rings is 1. The molecule has 1 aromatic heterocycles. The van der Waals surface area contributed by atoms with Crippen LogP contribution in [0.5, 0.6) is 0 Å². The van der Waals surface area contributed by atoms with Gasteiger partial charge in [-0.15, -0.1) is 0 Å². The number of hydrogen-bond donors (Lipinski definition) is 0. The molecule has 1 saturated heterocycles. The summed E-state index contributed by atoms with van der Waals surface area (Å²) in [6.45, 7) is 0.137. The number of carbonyl (C=O) groups is 1. The third-order valence-corrected chi connectivity index (χ3v) is 3.10. The van der Waals surface area contributed by atoms with Crippen molar-refractivity contribution in [3.63, 3.8) is 0 Å². The maximum Gasteiger partial charge on any atom is 0.393 e. The van der Waals surface area contributed by atoms with Crippen molar-refractivity contribution in [1.82, 2.24) is 9.88 Å². The van der Waals surface area contributed by atoms with E-state index in [0.717, 1.165) is 0 Å². The van der Waals surface area contributed by atoms with Gasteiger partial charge in [-0.05, 0) is 25.0 Å². The standard InChI is InChI=1S/C12H13F3N2O/c13-12(14,15)10-2-1-7-17(8-10)11(18)9-3-5-16-6-4-9/h3-6,10H,1-2,7-8H2/t10-/m1/s1. The molecule has 3 nitrogen and oxygen atoms in total. The molecule has 1 atom stereocenters. The van der Waals surface area contributed by atoms with Gasteiger partial charge < -0.3 is 4.90 Å². The second-order valence-electron chi connectivity index (χ2n) is 4.37. The van der Waals surface area contributed by atoms with Crippen molar-refractivity contribution >= 4 is 5.91 Å². The molecular formula is C12H13F3N2O. The Labute approximate surface area is 103 Å². The molecule has 0 spiro atoms. The van der Waals surface area contributed by atoms with E-state index in [2.05, 4.69) is 4.98 Å². The van der Waals surface area contributed by atoms with E-state index in [9.17, 15) is 18.0 Å². The van der Waals surface area contributed by atoms with Gasteiger partial charge in [-0.2, -0.15) is 13.2 Å². The number of likely N-dealkylation sites (tertiary alicyclic amines) is 1. The highest BCUT2D eigenvalue weighted by Crippen LogP contribution is 2.33. The fraction of sp³-hybridized carbons (Fsp3) is 0.500. The Morgan fingerprint density at radius 1 is 1.33 bits per heavy atom. The second kappa shape index (κ2) is 4.96. The zero-order valence-corrected chi connectivity index (χ0v) is 9.65. The number of amides is 1. The van der Waals surface area contributed by atoms with Crippen LogP contribution in [0.4, 0.5) is 13.2 Å². The van der Waals surface area contributed by atoms with Gasteiger partial charge in [0.1, 0.15) is 0 Å². The first kappa shape index (κ1) is 12.9. The summed E-state index contributed by atoms with van der Waals surface area (Å²) in [6, 6.07) is 3.03. The lowest BCUT2D eigenvalue weighted by atomic mass is 9.97. The zero-order chi connectivity index (χ0) is 13.2. The Bertz CT molecular complexity index is 419. The molecule has 1 aromatic rings. The quantitative estimate of drug-likeness (QED) is 0.775. The molecule has 1 amide bonds. The van der Waals surface area contributed by atoms with Crippen LogP contribution in [0, 0.1) is 5.92 Å². The lowest BCUT2D eigenvalue weighted by Crippen LogP contribution is -2.44. The molecule has 18 heavy (non-hydrogen) atoms. The molecule has 1 aliphatic rings. The lowest BCUT2D eigenvalue weighted by Gasteiger charge is -2.33. The number of nitrogens with zero attached hydrogens (tertiary/aromatic N) is 2. The Hall–Kier alpha value is -1.59. The predicted molar refractivity (Wildman–Crippen MR) is 58.9 cm³/mol. The summed E-state index contributed by atoms with van der Waals surface area (Å²) in [7, 11) is 0. The zero-order valence-electron chi connectivity index (χ0n) is 9.65. The third kappa shape index (κ3) is 2.80. The van der Waals surface area contributed by atoms with Crippen LogP contribution < -0.4 is 0 Å². The molecule has 0 saturated carbocycles. The first-order valence-electron chi connectivity index (χ1n) is 5.74. The molecule has 98 valence electrons. The van der Waals surface area contributed by atoms with Gasteiger partial charge in [0.2, 0.25) is 0 Å². The van der Waals surface area contributed by atoms with Crippen LogP contribution in [0.15, 0.2) is 24.5 Å². The van der Waals surface area contributed by atoms with Crippen molar-refractivity contribution in [3.05, 3.63) is 30.1 Å². The Morgan fingerprint density at radius 3 is 2.61 bits per heavy atom. The van der Waals surface area contributed by atoms with Gasteiger partial charge in [-0.3, -0.25) is 9.78 Å². The molecule has 0 aliphatic carbocycles. The predicted octanol–water partition coefficient (Wildman–Crippen LogP) is 2.50. The number of aromatic nitrogens is 1. The molecule has 2 rings (SSSR count). The van der Waals surface area contributed by atoms with E-state index in [1.807, 2.05) is 0 Å². The summed E-state index contributed by atoms with van der Waals surface area (Å²) in [6.07, 6.45) is -0.821. The van der Waals surface area contributed by atoms with E-state index < -0.39 is 12.1 Å². The molecule has 1 fully saturated rings. The summed E-state index contributed by atoms with van der Waals surface area (Å²) in [4.78, 5) is 17.1. The number of rotatable bonds is 1. The number of alkyl halides is 3. The normalized spacial score (nSPS) is 20.8. The van der Waals surface area contributed by atoms with Crippen molar-refractivity contribution in [3.8, 4) is 0 Å². The van der Waals surface area contributed by atoms with Gasteiger partial charge in [0.15, 0.2) is 0 Å². The molecular weight excluding hydrogens is 245 g/mol. The van der Waals surface area contributed by atoms with Crippen LogP contribution in [0.3, 0.4) is 0 Å². The van der Waals surface area contributed by atoms with E-state index in [0.29, 0.717) is 18.5 Å². The average Bonchev–Trinajstić information content (AvgIpc) is 2.38. The Morgan fingerprint density at radius 2 is 2.00 bits per heavy atom. The molecule has 1 aliphatic heterocycles. The van der Waals surface area contributed by atoms with Crippen LogP contribution in [-0.4, -0.2) is 35.1 Å². The summed E-state index contributed by atoms with van der Waals surface area (Å²) in [5.74, 6) is -1.76. The fourth-order valence-electron chi connectivity index (χ4n) is 2.11. The lowest BCUT2D eigenvalue weighted by molar-refractivity contribution is -0.184. The van der Waals surface area contributed by atoms with Gasteiger partial charge >= 0.3 is 6.18 Å². The number of piperidine rings is 1. The topological polar surface area (TPSA) is 33.2 Å². The van der Waals surface area contributed by atoms with E-state index in [1.165, 1.54) is 29.4 Å². The molecule has 0 unspecified atom stereocenters. The summed E-state index contributed by atoms with van der Waals surface area (Å²) in [5, 5.41) is 0.